The third kappa shape index (κ3) is 5.30. The molecule has 0 bridgehead atoms. The van der Waals surface area contributed by atoms with E-state index < -0.39 is 5.97 Å². The summed E-state index contributed by atoms with van der Waals surface area (Å²) >= 11 is 0. The lowest BCUT2D eigenvalue weighted by Gasteiger charge is -2.12. The minimum Gasteiger partial charge on any atom is -0.454 e. The number of para-hydroxylation sites is 1. The van der Waals surface area contributed by atoms with Crippen LogP contribution in [0, 0.1) is 6.92 Å². The van der Waals surface area contributed by atoms with Crippen LogP contribution in [0.4, 0.5) is 5.69 Å². The van der Waals surface area contributed by atoms with Crippen LogP contribution in [0.5, 0.6) is 0 Å². The second-order valence-electron chi connectivity index (χ2n) is 6.57. The molecule has 0 saturated carbocycles. The molecular formula is C24H23NO3. The summed E-state index contributed by atoms with van der Waals surface area (Å²) < 4.78 is 5.23. The van der Waals surface area contributed by atoms with Gasteiger partial charge in [-0.25, -0.2) is 4.79 Å². The molecule has 142 valence electrons. The maximum atomic E-state index is 12.5. The van der Waals surface area contributed by atoms with Crippen molar-refractivity contribution in [3.05, 3.63) is 101 Å². The van der Waals surface area contributed by atoms with Crippen molar-refractivity contribution >= 4 is 17.4 Å². The molecule has 3 aromatic carbocycles. The third-order valence-corrected chi connectivity index (χ3v) is 4.43. The predicted octanol–water partition coefficient (Wildman–Crippen LogP) is 4.69. The third-order valence-electron chi connectivity index (χ3n) is 4.43. The molecule has 4 nitrogen and oxygen atoms in total. The highest BCUT2D eigenvalue weighted by Crippen LogP contribution is 2.17. The van der Waals surface area contributed by atoms with Gasteiger partial charge in [0.2, 0.25) is 0 Å². The van der Waals surface area contributed by atoms with Crippen LogP contribution in [0.25, 0.3) is 0 Å². The molecule has 0 radical (unpaired) electrons. The minimum atomic E-state index is -0.511. The summed E-state index contributed by atoms with van der Waals surface area (Å²) in [4.78, 5) is 24.6. The number of ketones is 1. The lowest BCUT2D eigenvalue weighted by atomic mass is 10.1. The van der Waals surface area contributed by atoms with Gasteiger partial charge in [-0.3, -0.25) is 4.79 Å². The first-order chi connectivity index (χ1) is 13.6. The number of carbonyl (C=O) groups excluding carboxylic acids is 2. The molecule has 1 N–H and O–H groups in total. The monoisotopic (exact) mass is 373 g/mol. The largest absolute Gasteiger partial charge is 0.454 e. The highest BCUT2D eigenvalue weighted by atomic mass is 16.5. The topological polar surface area (TPSA) is 55.4 Å². The smallest absolute Gasteiger partial charge is 0.340 e. The Balaban J connectivity index is 1.57. The Morgan fingerprint density at radius 1 is 0.857 bits per heavy atom. The van der Waals surface area contributed by atoms with Crippen LogP contribution in [-0.4, -0.2) is 24.9 Å². The van der Waals surface area contributed by atoms with E-state index in [0.29, 0.717) is 23.4 Å². The van der Waals surface area contributed by atoms with E-state index in [9.17, 15) is 9.59 Å². The Bertz CT molecular complexity index is 934. The first-order valence-corrected chi connectivity index (χ1v) is 9.27. The van der Waals surface area contributed by atoms with Crippen molar-refractivity contribution < 1.29 is 14.3 Å². The number of Topliss-reactive ketones (excluding diaryl/α,β-unsaturated/α-hetero) is 1. The van der Waals surface area contributed by atoms with Crippen LogP contribution >= 0.6 is 0 Å². The molecule has 28 heavy (non-hydrogen) atoms. The Labute approximate surface area is 165 Å². The van der Waals surface area contributed by atoms with Crippen LogP contribution in [0.15, 0.2) is 78.9 Å². The van der Waals surface area contributed by atoms with E-state index in [4.69, 9.17) is 4.74 Å². The number of esters is 1. The van der Waals surface area contributed by atoms with Gasteiger partial charge < -0.3 is 10.1 Å². The number of nitrogens with one attached hydrogen (secondary N) is 1. The van der Waals surface area contributed by atoms with Crippen molar-refractivity contribution in [2.24, 2.45) is 0 Å². The molecule has 3 rings (SSSR count). The zero-order chi connectivity index (χ0) is 19.8. The van der Waals surface area contributed by atoms with E-state index >= 15 is 0 Å². The molecule has 0 aliphatic heterocycles. The van der Waals surface area contributed by atoms with Gasteiger partial charge in [-0.05, 0) is 31.0 Å². The molecular weight excluding hydrogens is 350 g/mol. The highest BCUT2D eigenvalue weighted by molar-refractivity contribution is 6.00. The van der Waals surface area contributed by atoms with E-state index in [1.165, 1.54) is 11.1 Å². The quantitative estimate of drug-likeness (QED) is 0.460. The zero-order valence-electron chi connectivity index (χ0n) is 15.9. The first-order valence-electron chi connectivity index (χ1n) is 9.27. The van der Waals surface area contributed by atoms with Gasteiger partial charge >= 0.3 is 5.97 Å². The van der Waals surface area contributed by atoms with E-state index in [1.54, 1.807) is 36.4 Å². The minimum absolute atomic E-state index is 0.223. The molecule has 0 unspecified atom stereocenters. The number of carbonyl (C=O) groups is 2. The zero-order valence-corrected chi connectivity index (χ0v) is 15.9. The first kappa shape index (κ1) is 19.4. The Kier molecular flexibility index (Phi) is 6.58. The van der Waals surface area contributed by atoms with E-state index in [1.807, 2.05) is 18.2 Å². The lowest BCUT2D eigenvalue weighted by molar-refractivity contribution is 0.0475. The molecule has 0 aliphatic carbocycles. The number of rotatable bonds is 8. The summed E-state index contributed by atoms with van der Waals surface area (Å²) in [5.74, 6) is -0.735. The summed E-state index contributed by atoms with van der Waals surface area (Å²) in [6.07, 6.45) is 0.843. The summed E-state index contributed by atoms with van der Waals surface area (Å²) in [7, 11) is 0. The fourth-order valence-corrected chi connectivity index (χ4v) is 2.83. The summed E-state index contributed by atoms with van der Waals surface area (Å²) in [5, 5.41) is 3.29. The molecule has 0 aromatic heterocycles. The Morgan fingerprint density at radius 2 is 1.54 bits per heavy atom. The molecule has 0 heterocycles. The molecule has 3 aromatic rings. The van der Waals surface area contributed by atoms with Gasteiger partial charge in [0, 0.05) is 17.8 Å². The van der Waals surface area contributed by atoms with Gasteiger partial charge in [0.05, 0.1) is 5.56 Å². The standard InChI is InChI=1S/C24H23NO3/c1-18-11-13-19(14-12-18)15-16-25-22-10-6-5-9-21(22)24(27)28-17-23(26)20-7-3-2-4-8-20/h2-14,25H,15-17H2,1H3. The molecule has 0 saturated heterocycles. The molecule has 4 heteroatoms. The van der Waals surface area contributed by atoms with Crippen LogP contribution in [0.2, 0.25) is 0 Å². The van der Waals surface area contributed by atoms with Gasteiger partial charge in [0.25, 0.3) is 0 Å². The van der Waals surface area contributed by atoms with Gasteiger partial charge in [-0.15, -0.1) is 0 Å². The number of benzene rings is 3. The van der Waals surface area contributed by atoms with Crippen LogP contribution in [0.1, 0.15) is 31.8 Å². The van der Waals surface area contributed by atoms with Crippen LogP contribution in [0.3, 0.4) is 0 Å². The second-order valence-corrected chi connectivity index (χ2v) is 6.57. The van der Waals surface area contributed by atoms with E-state index in [-0.39, 0.29) is 12.4 Å². The van der Waals surface area contributed by atoms with Crippen molar-refractivity contribution in [1.82, 2.24) is 0 Å². The van der Waals surface area contributed by atoms with E-state index in [0.717, 1.165) is 6.42 Å². The number of hydrogen-bond acceptors (Lipinski definition) is 4. The van der Waals surface area contributed by atoms with Crippen LogP contribution < -0.4 is 5.32 Å². The van der Waals surface area contributed by atoms with Crippen molar-refractivity contribution in [1.29, 1.82) is 0 Å². The average Bonchev–Trinajstić information content (AvgIpc) is 2.74. The number of ether oxygens (including phenoxy) is 1. The SMILES string of the molecule is Cc1ccc(CCNc2ccccc2C(=O)OCC(=O)c2ccccc2)cc1. The number of hydrogen-bond donors (Lipinski definition) is 1. The van der Waals surface area contributed by atoms with E-state index in [2.05, 4.69) is 36.5 Å². The second kappa shape index (κ2) is 9.51. The van der Waals surface area contributed by atoms with Crippen molar-refractivity contribution in [3.8, 4) is 0 Å². The lowest BCUT2D eigenvalue weighted by Crippen LogP contribution is -2.16. The maximum Gasteiger partial charge on any atom is 0.340 e. The van der Waals surface area contributed by atoms with Gasteiger partial charge in [-0.1, -0.05) is 72.3 Å². The van der Waals surface area contributed by atoms with Gasteiger partial charge in [0.1, 0.15) is 0 Å². The Morgan fingerprint density at radius 3 is 2.29 bits per heavy atom. The predicted molar refractivity (Wildman–Crippen MR) is 111 cm³/mol. The van der Waals surface area contributed by atoms with Crippen molar-refractivity contribution in [3.63, 3.8) is 0 Å². The summed E-state index contributed by atoms with van der Waals surface area (Å²) in [6.45, 7) is 2.48. The van der Waals surface area contributed by atoms with Gasteiger partial charge in [-0.2, -0.15) is 0 Å². The Hall–Kier alpha value is -3.40. The normalized spacial score (nSPS) is 10.3. The summed E-state index contributed by atoms with van der Waals surface area (Å²) in [5.41, 5.74) is 4.11. The highest BCUT2D eigenvalue weighted by Gasteiger charge is 2.14. The fourth-order valence-electron chi connectivity index (χ4n) is 2.83. The molecule has 0 aliphatic rings. The average molecular weight is 373 g/mol. The fraction of sp³-hybridized carbons (Fsp3) is 0.167. The molecule has 0 amide bonds. The molecule has 0 fully saturated rings. The van der Waals surface area contributed by atoms with Gasteiger partial charge in [0.15, 0.2) is 12.4 Å². The van der Waals surface area contributed by atoms with Crippen molar-refractivity contribution in [2.75, 3.05) is 18.5 Å². The molecule has 0 spiro atoms. The molecule has 0 atom stereocenters. The maximum absolute atomic E-state index is 12.5. The number of aryl methyl sites for hydroxylation is 1. The number of anilines is 1. The van der Waals surface area contributed by atoms with Crippen LogP contribution in [-0.2, 0) is 11.2 Å². The van der Waals surface area contributed by atoms with Crippen molar-refractivity contribution in [2.45, 2.75) is 13.3 Å². The summed E-state index contributed by atoms with van der Waals surface area (Å²) in [6, 6.07) is 24.4.